The molecule has 20 heavy (non-hydrogen) atoms. The Kier molecular flexibility index (Phi) is 4.74. The average molecular weight is 271 g/mol. The van der Waals surface area contributed by atoms with Gasteiger partial charge in [-0.3, -0.25) is 4.90 Å². The normalized spacial score (nSPS) is 29.4. The molecular formula is C18H27N2. The molecule has 0 aliphatic carbocycles. The van der Waals surface area contributed by atoms with E-state index in [2.05, 4.69) is 42.2 Å². The summed E-state index contributed by atoms with van der Waals surface area (Å²) in [5, 5.41) is 4.84. The number of piperidine rings is 2. The number of hydrogen-bond donors (Lipinski definition) is 0. The molecule has 1 radical (unpaired) electrons. The van der Waals surface area contributed by atoms with Crippen molar-refractivity contribution >= 4 is 0 Å². The van der Waals surface area contributed by atoms with Gasteiger partial charge in [-0.2, -0.15) is 0 Å². The summed E-state index contributed by atoms with van der Waals surface area (Å²) in [7, 11) is 0. The van der Waals surface area contributed by atoms with Crippen LogP contribution in [0.5, 0.6) is 0 Å². The Labute approximate surface area is 123 Å². The Hall–Kier alpha value is -0.860. The summed E-state index contributed by atoms with van der Waals surface area (Å²) in [4.78, 5) is 2.64. The zero-order valence-corrected chi connectivity index (χ0v) is 12.7. The molecule has 2 nitrogen and oxygen atoms in total. The van der Waals surface area contributed by atoms with Crippen LogP contribution in [0.1, 0.15) is 38.2 Å². The molecule has 1 aromatic carbocycles. The van der Waals surface area contributed by atoms with E-state index in [1.165, 1.54) is 50.8 Å². The molecule has 2 aliphatic heterocycles. The minimum Gasteiger partial charge on any atom is -0.287 e. The largest absolute Gasteiger partial charge is 0.287 e. The number of benzene rings is 1. The fraction of sp³-hybridized carbons (Fsp3) is 0.667. The summed E-state index contributed by atoms with van der Waals surface area (Å²) < 4.78 is 0. The highest BCUT2D eigenvalue weighted by molar-refractivity contribution is 5.15. The molecule has 0 N–H and O–H groups in total. The summed E-state index contributed by atoms with van der Waals surface area (Å²) in [6.07, 6.45) is 7.04. The summed E-state index contributed by atoms with van der Waals surface area (Å²) in [5.74, 6) is 1.73. The summed E-state index contributed by atoms with van der Waals surface area (Å²) in [5.41, 5.74) is 1.50. The first-order valence-electron chi connectivity index (χ1n) is 8.26. The van der Waals surface area contributed by atoms with Gasteiger partial charge in [-0.15, -0.1) is 0 Å². The zero-order valence-electron chi connectivity index (χ0n) is 12.7. The molecule has 0 bridgehead atoms. The van der Waals surface area contributed by atoms with Crippen LogP contribution in [0.3, 0.4) is 0 Å². The van der Waals surface area contributed by atoms with Crippen LogP contribution in [0.2, 0.25) is 0 Å². The maximum Gasteiger partial charge on any atom is 0.0763 e. The number of hydrogen-bond acceptors (Lipinski definition) is 1. The minimum atomic E-state index is 0.524. The molecule has 2 saturated heterocycles. The van der Waals surface area contributed by atoms with Gasteiger partial charge in [-0.25, -0.2) is 5.32 Å². The predicted octanol–water partition coefficient (Wildman–Crippen LogP) is 3.30. The van der Waals surface area contributed by atoms with Crippen molar-refractivity contribution in [1.29, 1.82) is 0 Å². The summed E-state index contributed by atoms with van der Waals surface area (Å²) in [6.45, 7) is 5.95. The molecular weight excluding hydrogens is 244 g/mol. The van der Waals surface area contributed by atoms with Crippen LogP contribution in [0, 0.1) is 11.8 Å². The Morgan fingerprint density at radius 3 is 2.55 bits per heavy atom. The maximum absolute atomic E-state index is 4.84. The standard InChI is InChI=1S/C18H27N2/c1-15-7-10-19-18(13-15)20-11-8-17(9-12-20)14-16-5-3-2-4-6-16/h2-6,15,17-18H,7-14H2,1H3. The van der Waals surface area contributed by atoms with E-state index in [4.69, 9.17) is 5.32 Å². The second kappa shape index (κ2) is 6.73. The van der Waals surface area contributed by atoms with Crippen LogP contribution in [0.25, 0.3) is 0 Å². The van der Waals surface area contributed by atoms with Gasteiger partial charge in [0, 0.05) is 6.54 Å². The first-order valence-corrected chi connectivity index (χ1v) is 8.26. The van der Waals surface area contributed by atoms with Crippen LogP contribution in [0.15, 0.2) is 30.3 Å². The predicted molar refractivity (Wildman–Crippen MR) is 83.6 cm³/mol. The monoisotopic (exact) mass is 271 g/mol. The van der Waals surface area contributed by atoms with Crippen molar-refractivity contribution in [2.75, 3.05) is 19.6 Å². The lowest BCUT2D eigenvalue weighted by Crippen LogP contribution is -2.49. The van der Waals surface area contributed by atoms with E-state index in [1.807, 2.05) is 0 Å². The van der Waals surface area contributed by atoms with Gasteiger partial charge >= 0.3 is 0 Å². The number of likely N-dealkylation sites (tertiary alicyclic amines) is 1. The molecule has 0 aromatic heterocycles. The fourth-order valence-corrected chi connectivity index (χ4v) is 3.66. The van der Waals surface area contributed by atoms with Crippen LogP contribution in [-0.2, 0) is 6.42 Å². The van der Waals surface area contributed by atoms with Gasteiger partial charge in [-0.1, -0.05) is 37.3 Å². The minimum absolute atomic E-state index is 0.524. The molecule has 0 amide bonds. The quantitative estimate of drug-likeness (QED) is 0.824. The van der Waals surface area contributed by atoms with E-state index in [-0.39, 0.29) is 0 Å². The summed E-state index contributed by atoms with van der Waals surface area (Å²) >= 11 is 0. The van der Waals surface area contributed by atoms with Crippen molar-refractivity contribution in [1.82, 2.24) is 10.2 Å². The molecule has 2 aliphatic rings. The van der Waals surface area contributed by atoms with Crippen molar-refractivity contribution in [2.45, 2.75) is 45.2 Å². The van der Waals surface area contributed by atoms with E-state index in [1.54, 1.807) is 0 Å². The molecule has 3 rings (SSSR count). The molecule has 0 saturated carbocycles. The van der Waals surface area contributed by atoms with Gasteiger partial charge in [0.1, 0.15) is 0 Å². The molecule has 1 aromatic rings. The number of nitrogens with zero attached hydrogens (tertiary/aromatic N) is 2. The molecule has 109 valence electrons. The van der Waals surface area contributed by atoms with Gasteiger partial charge < -0.3 is 0 Å². The number of rotatable bonds is 3. The van der Waals surface area contributed by atoms with Gasteiger partial charge in [0.05, 0.1) is 6.17 Å². The third-order valence-electron chi connectivity index (χ3n) is 5.01. The third kappa shape index (κ3) is 3.62. The molecule has 2 heterocycles. The summed E-state index contributed by atoms with van der Waals surface area (Å²) in [6, 6.07) is 11.0. The second-order valence-electron chi connectivity index (χ2n) is 6.69. The van der Waals surface area contributed by atoms with Crippen molar-refractivity contribution in [2.24, 2.45) is 11.8 Å². The Morgan fingerprint density at radius 2 is 1.85 bits per heavy atom. The lowest BCUT2D eigenvalue weighted by Gasteiger charge is -2.40. The highest BCUT2D eigenvalue weighted by atomic mass is 15.3. The molecule has 2 atom stereocenters. The van der Waals surface area contributed by atoms with E-state index in [9.17, 15) is 0 Å². The zero-order chi connectivity index (χ0) is 13.8. The second-order valence-corrected chi connectivity index (χ2v) is 6.69. The van der Waals surface area contributed by atoms with Crippen molar-refractivity contribution in [3.8, 4) is 0 Å². The highest BCUT2D eigenvalue weighted by Gasteiger charge is 2.28. The van der Waals surface area contributed by atoms with E-state index >= 15 is 0 Å². The van der Waals surface area contributed by atoms with Gasteiger partial charge in [0.2, 0.25) is 0 Å². The van der Waals surface area contributed by atoms with Crippen molar-refractivity contribution in [3.05, 3.63) is 35.9 Å². The van der Waals surface area contributed by atoms with Gasteiger partial charge in [0.25, 0.3) is 0 Å². The first-order chi connectivity index (χ1) is 9.81. The maximum atomic E-state index is 4.84. The van der Waals surface area contributed by atoms with Gasteiger partial charge in [-0.05, 0) is 62.6 Å². The Balaban J connectivity index is 1.47. The van der Waals surface area contributed by atoms with Gasteiger partial charge in [0.15, 0.2) is 0 Å². The third-order valence-corrected chi connectivity index (χ3v) is 5.01. The van der Waals surface area contributed by atoms with Crippen LogP contribution >= 0.6 is 0 Å². The molecule has 2 heteroatoms. The molecule has 2 unspecified atom stereocenters. The Bertz CT molecular complexity index is 395. The lowest BCUT2D eigenvalue weighted by atomic mass is 9.89. The van der Waals surface area contributed by atoms with Crippen LogP contribution < -0.4 is 5.32 Å². The first kappa shape index (κ1) is 14.1. The van der Waals surface area contributed by atoms with Crippen LogP contribution in [0.4, 0.5) is 0 Å². The fourth-order valence-electron chi connectivity index (χ4n) is 3.66. The lowest BCUT2D eigenvalue weighted by molar-refractivity contribution is 0.0761. The molecule has 2 fully saturated rings. The smallest absolute Gasteiger partial charge is 0.0763 e. The van der Waals surface area contributed by atoms with Crippen molar-refractivity contribution < 1.29 is 0 Å². The Morgan fingerprint density at radius 1 is 1.10 bits per heavy atom. The molecule has 0 spiro atoms. The van der Waals surface area contributed by atoms with E-state index in [0.29, 0.717) is 6.17 Å². The average Bonchev–Trinajstić information content (AvgIpc) is 2.49. The van der Waals surface area contributed by atoms with E-state index < -0.39 is 0 Å². The van der Waals surface area contributed by atoms with E-state index in [0.717, 1.165) is 18.4 Å². The van der Waals surface area contributed by atoms with Crippen LogP contribution in [-0.4, -0.2) is 30.7 Å². The SMILES string of the molecule is CC1CC[N]C(N2CCC(Cc3ccccc3)CC2)C1. The van der Waals surface area contributed by atoms with Crippen molar-refractivity contribution in [3.63, 3.8) is 0 Å². The highest BCUT2D eigenvalue weighted by Crippen LogP contribution is 2.26. The topological polar surface area (TPSA) is 17.3 Å².